The zero-order valence-corrected chi connectivity index (χ0v) is 20.0. The number of anilines is 1. The third-order valence-electron chi connectivity index (χ3n) is 5.35. The van der Waals surface area contributed by atoms with Crippen LogP contribution in [0, 0.1) is 5.82 Å². The van der Waals surface area contributed by atoms with Crippen molar-refractivity contribution in [3.63, 3.8) is 0 Å². The molecule has 3 aromatic rings. The van der Waals surface area contributed by atoms with Crippen molar-refractivity contribution < 1.29 is 23.5 Å². The fraction of sp³-hybridized carbons (Fsp3) is 0.192. The van der Waals surface area contributed by atoms with Gasteiger partial charge in [-0.05, 0) is 54.1 Å². The number of methoxy groups -OCH3 is 2. The Hall–Kier alpha value is -3.85. The van der Waals surface area contributed by atoms with Crippen LogP contribution in [-0.2, 0) is 16.1 Å². The summed E-state index contributed by atoms with van der Waals surface area (Å²) in [6.07, 6.45) is -0.00548. The van der Waals surface area contributed by atoms with Gasteiger partial charge in [0.25, 0.3) is 0 Å². The lowest BCUT2D eigenvalue weighted by Crippen LogP contribution is -2.44. The van der Waals surface area contributed by atoms with Crippen LogP contribution in [0.15, 0.2) is 77.8 Å². The molecule has 1 heterocycles. The molecule has 7 nitrogen and oxygen atoms in total. The van der Waals surface area contributed by atoms with E-state index in [0.717, 1.165) is 5.56 Å². The van der Waals surface area contributed by atoms with Crippen LogP contribution >= 0.6 is 11.8 Å². The van der Waals surface area contributed by atoms with E-state index in [-0.39, 0.29) is 30.6 Å². The Labute approximate surface area is 207 Å². The first-order valence-corrected chi connectivity index (χ1v) is 11.7. The molecule has 1 aliphatic heterocycles. The summed E-state index contributed by atoms with van der Waals surface area (Å²) in [5, 5.41) is 2.55. The topological polar surface area (TPSA) is 80.2 Å². The van der Waals surface area contributed by atoms with Crippen molar-refractivity contribution in [1.29, 1.82) is 0 Å². The van der Waals surface area contributed by atoms with Gasteiger partial charge in [-0.25, -0.2) is 9.38 Å². The summed E-state index contributed by atoms with van der Waals surface area (Å²) in [5.74, 6) is 0.280. The maximum absolute atomic E-state index is 13.4. The van der Waals surface area contributed by atoms with Gasteiger partial charge >= 0.3 is 0 Å². The number of rotatable bonds is 7. The van der Waals surface area contributed by atoms with Crippen molar-refractivity contribution in [3.05, 3.63) is 84.2 Å². The molecule has 4 rings (SSSR count). The number of aliphatic imine (C=N–C) groups is 1. The van der Waals surface area contributed by atoms with Gasteiger partial charge in [0, 0.05) is 6.42 Å². The molecule has 0 radical (unpaired) electrons. The fourth-order valence-corrected chi connectivity index (χ4v) is 4.60. The summed E-state index contributed by atoms with van der Waals surface area (Å²) in [7, 11) is 3.10. The summed E-state index contributed by atoms with van der Waals surface area (Å²) in [6, 6.07) is 20.1. The Morgan fingerprint density at radius 1 is 1.06 bits per heavy atom. The summed E-state index contributed by atoms with van der Waals surface area (Å²) >= 11 is 1.21. The number of hydrogen-bond acceptors (Lipinski definition) is 6. The predicted octanol–water partition coefficient (Wildman–Crippen LogP) is 5.00. The zero-order valence-electron chi connectivity index (χ0n) is 19.2. The number of thioether (sulfide) groups is 1. The number of hydrogen-bond donors (Lipinski definition) is 1. The van der Waals surface area contributed by atoms with Crippen molar-refractivity contribution in [1.82, 2.24) is 4.90 Å². The van der Waals surface area contributed by atoms with E-state index in [4.69, 9.17) is 9.47 Å². The van der Waals surface area contributed by atoms with Gasteiger partial charge in [0.05, 0.1) is 32.1 Å². The van der Waals surface area contributed by atoms with Gasteiger partial charge in [0.2, 0.25) is 11.8 Å². The molecule has 1 saturated heterocycles. The van der Waals surface area contributed by atoms with Gasteiger partial charge in [-0.15, -0.1) is 0 Å². The molecule has 1 N–H and O–H groups in total. The average molecular weight is 494 g/mol. The lowest BCUT2D eigenvalue weighted by molar-refractivity contribution is -0.129. The molecule has 3 aromatic carbocycles. The van der Waals surface area contributed by atoms with Crippen LogP contribution < -0.4 is 14.8 Å². The standard InChI is InChI=1S/C26H24FN3O4S/c1-33-20-13-11-19(12-14-20)28-26-30(16-17-7-9-18(27)10-8-17)24(31)15-23(35-26)25(32)29-21-5-3-4-6-22(21)34-2/h3-14,23H,15-16H2,1-2H3,(H,29,32)/t23-/m1/s1. The highest BCUT2D eigenvalue weighted by Gasteiger charge is 2.36. The molecule has 0 aliphatic carbocycles. The summed E-state index contributed by atoms with van der Waals surface area (Å²) < 4.78 is 23.9. The predicted molar refractivity (Wildman–Crippen MR) is 135 cm³/mol. The van der Waals surface area contributed by atoms with Crippen LogP contribution in [0.1, 0.15) is 12.0 Å². The number of amides is 2. The minimum absolute atomic E-state index is 0.00548. The Balaban J connectivity index is 1.60. The number of benzene rings is 3. The molecule has 35 heavy (non-hydrogen) atoms. The largest absolute Gasteiger partial charge is 0.497 e. The van der Waals surface area contributed by atoms with Crippen molar-refractivity contribution in [2.75, 3.05) is 19.5 Å². The number of ether oxygens (including phenoxy) is 2. The first-order chi connectivity index (χ1) is 17.0. The van der Waals surface area contributed by atoms with E-state index in [1.807, 2.05) is 0 Å². The molecule has 1 fully saturated rings. The van der Waals surface area contributed by atoms with Crippen molar-refractivity contribution in [2.45, 2.75) is 18.2 Å². The van der Waals surface area contributed by atoms with E-state index in [1.54, 1.807) is 67.8 Å². The van der Waals surface area contributed by atoms with Crippen molar-refractivity contribution in [2.24, 2.45) is 4.99 Å². The first kappa shape index (κ1) is 24.3. The maximum Gasteiger partial charge on any atom is 0.238 e. The number of halogens is 1. The first-order valence-electron chi connectivity index (χ1n) is 10.8. The Morgan fingerprint density at radius 3 is 2.46 bits per heavy atom. The van der Waals surface area contributed by atoms with Gasteiger partial charge in [0.15, 0.2) is 5.17 Å². The normalized spacial score (nSPS) is 16.8. The highest BCUT2D eigenvalue weighted by Crippen LogP contribution is 2.32. The van der Waals surface area contributed by atoms with Crippen molar-refractivity contribution >= 4 is 40.1 Å². The van der Waals surface area contributed by atoms with Crippen LogP contribution in [0.25, 0.3) is 0 Å². The summed E-state index contributed by atoms with van der Waals surface area (Å²) in [6.45, 7) is 0.210. The van der Waals surface area contributed by atoms with E-state index < -0.39 is 5.25 Å². The van der Waals surface area contributed by atoms with Gasteiger partial charge in [-0.2, -0.15) is 0 Å². The van der Waals surface area contributed by atoms with Crippen LogP contribution in [0.5, 0.6) is 11.5 Å². The molecular weight excluding hydrogens is 469 g/mol. The third kappa shape index (κ3) is 5.99. The molecule has 0 aromatic heterocycles. The molecule has 1 atom stereocenters. The second kappa shape index (κ2) is 11.1. The molecule has 0 saturated carbocycles. The van der Waals surface area contributed by atoms with Crippen LogP contribution in [-0.4, -0.2) is 41.4 Å². The third-order valence-corrected chi connectivity index (χ3v) is 6.54. The molecule has 0 unspecified atom stereocenters. The Bertz CT molecular complexity index is 1230. The van der Waals surface area contributed by atoms with E-state index in [1.165, 1.54) is 35.9 Å². The Kier molecular flexibility index (Phi) is 7.67. The maximum atomic E-state index is 13.4. The van der Waals surface area contributed by atoms with Crippen LogP contribution in [0.2, 0.25) is 0 Å². The van der Waals surface area contributed by atoms with E-state index >= 15 is 0 Å². The smallest absolute Gasteiger partial charge is 0.238 e. The van der Waals surface area contributed by atoms with Crippen LogP contribution in [0.3, 0.4) is 0 Å². The van der Waals surface area contributed by atoms with Gasteiger partial charge in [0.1, 0.15) is 22.6 Å². The second-order valence-electron chi connectivity index (χ2n) is 7.70. The molecular formula is C26H24FN3O4S. The number of nitrogens with zero attached hydrogens (tertiary/aromatic N) is 2. The lowest BCUT2D eigenvalue weighted by Gasteiger charge is -2.32. The summed E-state index contributed by atoms with van der Waals surface area (Å²) in [5.41, 5.74) is 1.88. The van der Waals surface area contributed by atoms with Gasteiger partial charge < -0.3 is 14.8 Å². The SMILES string of the molecule is COc1ccc(N=C2S[C@@H](C(=O)Nc3ccccc3OC)CC(=O)N2Cc2ccc(F)cc2)cc1. The second-order valence-corrected chi connectivity index (χ2v) is 8.87. The van der Waals surface area contributed by atoms with Gasteiger partial charge in [-0.1, -0.05) is 36.0 Å². The van der Waals surface area contributed by atoms with E-state index in [0.29, 0.717) is 28.0 Å². The fourth-order valence-electron chi connectivity index (χ4n) is 3.50. The molecule has 180 valence electrons. The average Bonchev–Trinajstić information content (AvgIpc) is 2.87. The van der Waals surface area contributed by atoms with Crippen LogP contribution in [0.4, 0.5) is 15.8 Å². The number of para-hydroxylation sites is 2. The zero-order chi connectivity index (χ0) is 24.8. The molecule has 0 spiro atoms. The highest BCUT2D eigenvalue weighted by atomic mass is 32.2. The number of nitrogens with one attached hydrogen (secondary N) is 1. The Morgan fingerprint density at radius 2 is 1.77 bits per heavy atom. The molecule has 0 bridgehead atoms. The monoisotopic (exact) mass is 493 g/mol. The minimum Gasteiger partial charge on any atom is -0.497 e. The molecule has 2 amide bonds. The van der Waals surface area contributed by atoms with E-state index in [2.05, 4.69) is 10.3 Å². The number of carbonyl (C=O) groups excluding carboxylic acids is 2. The van der Waals surface area contributed by atoms with E-state index in [9.17, 15) is 14.0 Å². The summed E-state index contributed by atoms with van der Waals surface area (Å²) in [4.78, 5) is 32.5. The number of amidine groups is 1. The minimum atomic E-state index is -0.686. The molecule has 1 aliphatic rings. The molecule has 9 heteroatoms. The van der Waals surface area contributed by atoms with Gasteiger partial charge in [-0.3, -0.25) is 14.5 Å². The number of carbonyl (C=O) groups is 2. The highest BCUT2D eigenvalue weighted by molar-refractivity contribution is 8.15. The quantitative estimate of drug-likeness (QED) is 0.501. The lowest BCUT2D eigenvalue weighted by atomic mass is 10.2. The van der Waals surface area contributed by atoms with Crippen molar-refractivity contribution in [3.8, 4) is 11.5 Å².